The molecule has 0 aromatic carbocycles. The molecule has 9 saturated carbocycles. The average molecular weight is 1650 g/mol. The van der Waals surface area contributed by atoms with Crippen LogP contribution in [0.25, 0.3) is 0 Å². The van der Waals surface area contributed by atoms with Crippen LogP contribution in [-0.2, 0) is 57.2 Å². The summed E-state index contributed by atoms with van der Waals surface area (Å²) in [5.41, 5.74) is -2.82. The molecular formula is C104H212O12. The van der Waals surface area contributed by atoms with Crippen LogP contribution < -0.4 is 0 Å². The van der Waals surface area contributed by atoms with E-state index in [1.54, 1.807) is 0 Å². The van der Waals surface area contributed by atoms with Crippen LogP contribution in [0.2, 0.25) is 0 Å². The first-order valence-electron chi connectivity index (χ1n) is 44.3. The van der Waals surface area contributed by atoms with Crippen LogP contribution in [0.3, 0.4) is 0 Å². The minimum atomic E-state index is -0.378. The van der Waals surface area contributed by atoms with E-state index in [1.807, 2.05) is 118 Å². The molecule has 0 amide bonds. The zero-order chi connectivity index (χ0) is 81.1. The minimum absolute atomic E-state index is 0. The average Bonchev–Trinajstić information content (AvgIpc) is 1.34. The van der Waals surface area contributed by atoms with Gasteiger partial charge in [0.1, 0.15) is 33.6 Å². The summed E-state index contributed by atoms with van der Waals surface area (Å²) in [6, 6.07) is 0. The Kier molecular flexibility index (Phi) is 58.0. The van der Waals surface area contributed by atoms with Crippen molar-refractivity contribution in [2.45, 2.75) is 566 Å². The molecule has 9 aliphatic rings. The lowest BCUT2D eigenvalue weighted by Gasteiger charge is -2.67. The van der Waals surface area contributed by atoms with Gasteiger partial charge in [0.05, 0.1) is 32.5 Å². The number of ether oxygens (including phenoxy) is 6. The summed E-state index contributed by atoms with van der Waals surface area (Å²) in [6.45, 7) is 62.1. The van der Waals surface area contributed by atoms with Gasteiger partial charge in [0, 0.05) is 16.2 Å². The molecule has 9 rings (SSSR count). The Hall–Kier alpha value is -3.18. The van der Waals surface area contributed by atoms with E-state index in [9.17, 15) is 28.8 Å². The molecule has 4 bridgehead atoms. The summed E-state index contributed by atoms with van der Waals surface area (Å²) in [5.74, 6) is 2.84. The zero-order valence-electron chi connectivity index (χ0n) is 75.3. The third kappa shape index (κ3) is 32.2. The van der Waals surface area contributed by atoms with Gasteiger partial charge < -0.3 is 28.4 Å². The van der Waals surface area contributed by atoms with E-state index in [1.165, 1.54) is 148 Å². The molecule has 12 heteroatoms. The monoisotopic (exact) mass is 1650 g/mol. The standard InChI is InChI=1S/C17H30O2.C17H32O2.C15H26O2.C15H28O2.C14H24O2.C14H26O2.C2H6.10CH4/c1-8-14(2,3)13(18)19-17(7)15(4,5)12-9-10-16(17,6)11-12;1-5-16(2,3)15(18)19-17(4)13-11-9-7-6-8-10-12-14-17;1-5-14(3,4)13(16)17-15(6-2)10-11-7-8-12(15)9-11;1-5-14(3,4)13(16)17-15(6-2)11-9-7-8-10-12-15;1-6-12(2,3)11(15)16-14(5)9-10-7-8-13(10,14)4;1-5-13(2,3)12(15)16-14(4)10-8-6-7-9-11-14;1-2;;;;;;;;;;/h12H,8-11H2,1-7H3;5-14H2,1-4H3;11-12H,5-10H2,1-4H3;5-12H2,1-4H3;10H,6-9H2,1-5H3;5-11H2,1-4H3;1-2H3;10*1H4. The van der Waals surface area contributed by atoms with Crippen molar-refractivity contribution < 1.29 is 57.2 Å². The van der Waals surface area contributed by atoms with Gasteiger partial charge in [-0.1, -0.05) is 229 Å². The summed E-state index contributed by atoms with van der Waals surface area (Å²) in [7, 11) is 0. The quantitative estimate of drug-likeness (QED) is 0.0646. The van der Waals surface area contributed by atoms with Gasteiger partial charge in [0.2, 0.25) is 0 Å². The van der Waals surface area contributed by atoms with Crippen molar-refractivity contribution in [1.82, 2.24) is 0 Å². The predicted octanol–water partition coefficient (Wildman–Crippen LogP) is 33.2. The van der Waals surface area contributed by atoms with Crippen molar-refractivity contribution in [2.24, 2.45) is 72.4 Å². The molecule has 0 N–H and O–H groups in total. The molecule has 9 fully saturated rings. The number of esters is 6. The Morgan fingerprint density at radius 2 is 0.603 bits per heavy atom. The van der Waals surface area contributed by atoms with Crippen molar-refractivity contribution in [3.8, 4) is 0 Å². The molecule has 0 saturated heterocycles. The molecule has 0 aliphatic heterocycles. The topological polar surface area (TPSA) is 158 Å². The first kappa shape index (κ1) is 128. The SMILES string of the molecule is C.C.C.C.C.C.C.C.C.C.CC.CCC(C)(C)C(=O)OC1(C)C2(C)CCC(C2)C1(C)C.CCC(C)(C)C(=O)OC1(C)CC2CCC21C.CCC(C)(C)C(=O)OC1(C)CCCCCC1.CCC(C)(C)C(=O)OC1(C)CCCCCCCCC1.CCC(C)(C)C(=O)OC1(CC)CC2CCC1C2.CCC1(OC(=O)C(C)(C)CC)CCCCCC1. The van der Waals surface area contributed by atoms with Crippen LogP contribution in [-0.4, -0.2) is 69.4 Å². The van der Waals surface area contributed by atoms with Crippen molar-refractivity contribution in [3.63, 3.8) is 0 Å². The van der Waals surface area contributed by atoms with Crippen molar-refractivity contribution >= 4 is 35.8 Å². The van der Waals surface area contributed by atoms with E-state index in [0.29, 0.717) is 11.8 Å². The molecule has 0 aromatic heterocycles. The van der Waals surface area contributed by atoms with Crippen molar-refractivity contribution in [1.29, 1.82) is 0 Å². The first-order valence-corrected chi connectivity index (χ1v) is 44.3. The van der Waals surface area contributed by atoms with Crippen LogP contribution in [0.4, 0.5) is 0 Å². The summed E-state index contributed by atoms with van der Waals surface area (Å²) in [6.07, 6.45) is 44.4. The third-order valence-corrected chi connectivity index (χ3v) is 30.7. The molecule has 9 atom stereocenters. The fourth-order valence-corrected chi connectivity index (χ4v) is 17.8. The van der Waals surface area contributed by atoms with Crippen molar-refractivity contribution in [2.75, 3.05) is 0 Å². The summed E-state index contributed by atoms with van der Waals surface area (Å²) in [5, 5.41) is 0. The molecule has 700 valence electrons. The van der Waals surface area contributed by atoms with Gasteiger partial charge in [-0.25, -0.2) is 0 Å². The first-order chi connectivity index (χ1) is 48.9. The Morgan fingerprint density at radius 3 is 0.862 bits per heavy atom. The maximum atomic E-state index is 12.5. The molecule has 9 unspecified atom stereocenters. The fraction of sp³-hybridized carbons (Fsp3) is 0.942. The second-order valence-electron chi connectivity index (χ2n) is 40.8. The Morgan fingerprint density at radius 1 is 0.302 bits per heavy atom. The highest BCUT2D eigenvalue weighted by atomic mass is 16.6. The summed E-state index contributed by atoms with van der Waals surface area (Å²) < 4.78 is 35.6. The molecule has 0 aromatic rings. The lowest BCUT2D eigenvalue weighted by atomic mass is 9.41. The second-order valence-corrected chi connectivity index (χ2v) is 40.8. The van der Waals surface area contributed by atoms with Gasteiger partial charge >= 0.3 is 35.8 Å². The van der Waals surface area contributed by atoms with Gasteiger partial charge in [-0.15, -0.1) is 0 Å². The molecule has 0 radical (unpaired) electrons. The van der Waals surface area contributed by atoms with Gasteiger partial charge in [0.15, 0.2) is 0 Å². The number of hydrogen-bond acceptors (Lipinski definition) is 12. The lowest BCUT2D eigenvalue weighted by Crippen LogP contribution is -2.68. The van der Waals surface area contributed by atoms with Crippen LogP contribution in [0.15, 0.2) is 0 Å². The highest BCUT2D eigenvalue weighted by molar-refractivity contribution is 5.79. The zero-order valence-corrected chi connectivity index (χ0v) is 75.3. The molecule has 9 aliphatic carbocycles. The molecular weight excluding hydrogens is 1440 g/mol. The fourth-order valence-electron chi connectivity index (χ4n) is 17.8. The largest absolute Gasteiger partial charge is 0.459 e. The van der Waals surface area contributed by atoms with Crippen LogP contribution in [0.5, 0.6) is 0 Å². The molecule has 116 heavy (non-hydrogen) atoms. The smallest absolute Gasteiger partial charge is 0.312 e. The summed E-state index contributed by atoms with van der Waals surface area (Å²) in [4.78, 5) is 73.5. The molecule has 0 spiro atoms. The maximum Gasteiger partial charge on any atom is 0.312 e. The number of rotatable bonds is 20. The van der Waals surface area contributed by atoms with Gasteiger partial charge in [0.25, 0.3) is 0 Å². The van der Waals surface area contributed by atoms with Crippen LogP contribution in [0, 0.1) is 72.4 Å². The second kappa shape index (κ2) is 52.4. The highest BCUT2D eigenvalue weighted by Gasteiger charge is 2.70. The van der Waals surface area contributed by atoms with Gasteiger partial charge in [-0.2, -0.15) is 0 Å². The predicted molar refractivity (Wildman–Crippen MR) is 506 cm³/mol. The number of carbonyl (C=O) groups is 6. The van der Waals surface area contributed by atoms with Gasteiger partial charge in [-0.05, 0) is 327 Å². The number of hydrogen-bond donors (Lipinski definition) is 0. The Bertz CT molecular complexity index is 2720. The highest BCUT2D eigenvalue weighted by Crippen LogP contribution is 2.70. The molecule has 12 nitrogen and oxygen atoms in total. The van der Waals surface area contributed by atoms with Crippen molar-refractivity contribution in [3.05, 3.63) is 0 Å². The number of fused-ring (bicyclic) bond motifs is 5. The van der Waals surface area contributed by atoms with E-state index in [-0.39, 0.29) is 192 Å². The van der Waals surface area contributed by atoms with E-state index in [0.717, 1.165) is 115 Å². The van der Waals surface area contributed by atoms with Gasteiger partial charge in [-0.3, -0.25) is 28.8 Å². The Labute approximate surface area is 727 Å². The normalized spacial score (nSPS) is 27.3. The summed E-state index contributed by atoms with van der Waals surface area (Å²) >= 11 is 0. The van der Waals surface area contributed by atoms with Crippen LogP contribution in [0.1, 0.15) is 532 Å². The van der Waals surface area contributed by atoms with E-state index in [2.05, 4.69) is 90.0 Å². The van der Waals surface area contributed by atoms with E-state index in [4.69, 9.17) is 28.4 Å². The molecule has 0 heterocycles. The minimum Gasteiger partial charge on any atom is -0.459 e. The lowest BCUT2D eigenvalue weighted by molar-refractivity contribution is -0.265. The van der Waals surface area contributed by atoms with E-state index >= 15 is 0 Å². The third-order valence-electron chi connectivity index (χ3n) is 30.7. The Balaban J connectivity index is -0.000000197. The van der Waals surface area contributed by atoms with Crippen LogP contribution >= 0.6 is 0 Å². The maximum absolute atomic E-state index is 12.5. The van der Waals surface area contributed by atoms with E-state index < -0.39 is 0 Å². The number of carbonyl (C=O) groups excluding carboxylic acids is 6.